The third kappa shape index (κ3) is 4.40. The van der Waals surface area contributed by atoms with Gasteiger partial charge in [-0.2, -0.15) is 11.8 Å². The van der Waals surface area contributed by atoms with Crippen molar-refractivity contribution in [3.05, 3.63) is 38.4 Å². The number of hydrogen-bond acceptors (Lipinski definition) is 6. The Kier molecular flexibility index (Phi) is 5.56. The molecule has 0 amide bonds. The first-order valence-corrected chi connectivity index (χ1v) is 7.03. The van der Waals surface area contributed by atoms with Crippen LogP contribution in [-0.4, -0.2) is 27.9 Å². The van der Waals surface area contributed by atoms with Gasteiger partial charge in [-0.25, -0.2) is 0 Å². The van der Waals surface area contributed by atoms with Crippen LogP contribution in [0.3, 0.4) is 0 Å². The van der Waals surface area contributed by atoms with Gasteiger partial charge in [0, 0.05) is 12.1 Å². The van der Waals surface area contributed by atoms with Crippen molar-refractivity contribution in [2.24, 2.45) is 0 Å². The average molecular weight is 285 g/mol. The monoisotopic (exact) mass is 285 g/mol. The average Bonchev–Trinajstić information content (AvgIpc) is 2.36. The standard InChI is InChI=1S/C11H15N3O4S/c1-8(5-6-19-2)12-10-4-3-9(13(15)16)7-11(10)14(17)18/h3-4,7-8,12H,5-6H2,1-2H3. The number of nitrogens with zero attached hydrogens (tertiary/aromatic N) is 2. The molecule has 1 unspecified atom stereocenters. The molecule has 1 aromatic carbocycles. The number of benzene rings is 1. The van der Waals surface area contributed by atoms with Crippen molar-refractivity contribution in [2.45, 2.75) is 19.4 Å². The molecular weight excluding hydrogens is 270 g/mol. The normalized spacial score (nSPS) is 11.9. The molecule has 1 rings (SSSR count). The summed E-state index contributed by atoms with van der Waals surface area (Å²) in [5.41, 5.74) is -0.247. The Labute approximate surface area is 114 Å². The summed E-state index contributed by atoms with van der Waals surface area (Å²) in [6.45, 7) is 1.92. The van der Waals surface area contributed by atoms with Gasteiger partial charge in [0.1, 0.15) is 5.69 Å². The van der Waals surface area contributed by atoms with Gasteiger partial charge in [-0.05, 0) is 31.4 Å². The fourth-order valence-electron chi connectivity index (χ4n) is 1.54. The lowest BCUT2D eigenvalue weighted by atomic mass is 10.2. The van der Waals surface area contributed by atoms with Gasteiger partial charge < -0.3 is 5.32 Å². The van der Waals surface area contributed by atoms with Crippen LogP contribution in [0, 0.1) is 20.2 Å². The maximum atomic E-state index is 10.9. The predicted octanol–water partition coefficient (Wildman–Crippen LogP) is 3.06. The van der Waals surface area contributed by atoms with Gasteiger partial charge in [-0.15, -0.1) is 0 Å². The van der Waals surface area contributed by atoms with Crippen LogP contribution in [0.25, 0.3) is 0 Å². The molecule has 0 aromatic heterocycles. The molecular formula is C11H15N3O4S. The minimum Gasteiger partial charge on any atom is -0.377 e. The van der Waals surface area contributed by atoms with Crippen LogP contribution >= 0.6 is 11.8 Å². The molecule has 0 saturated heterocycles. The maximum absolute atomic E-state index is 10.9. The van der Waals surface area contributed by atoms with Crippen LogP contribution < -0.4 is 5.32 Å². The van der Waals surface area contributed by atoms with Gasteiger partial charge in [0.2, 0.25) is 0 Å². The van der Waals surface area contributed by atoms with E-state index in [4.69, 9.17) is 0 Å². The fraction of sp³-hybridized carbons (Fsp3) is 0.455. The first-order valence-electron chi connectivity index (χ1n) is 5.64. The van der Waals surface area contributed by atoms with Gasteiger partial charge in [0.25, 0.3) is 11.4 Å². The lowest BCUT2D eigenvalue weighted by Crippen LogP contribution is -2.16. The highest BCUT2D eigenvalue weighted by Crippen LogP contribution is 2.29. The predicted molar refractivity (Wildman–Crippen MR) is 75.8 cm³/mol. The molecule has 0 aliphatic carbocycles. The molecule has 1 aromatic rings. The smallest absolute Gasteiger partial charge is 0.299 e. The van der Waals surface area contributed by atoms with Gasteiger partial charge in [0.05, 0.1) is 15.9 Å². The van der Waals surface area contributed by atoms with Gasteiger partial charge in [0.15, 0.2) is 0 Å². The van der Waals surface area contributed by atoms with E-state index < -0.39 is 9.85 Å². The molecule has 19 heavy (non-hydrogen) atoms. The van der Waals surface area contributed by atoms with E-state index in [-0.39, 0.29) is 17.4 Å². The van der Waals surface area contributed by atoms with Crippen molar-refractivity contribution < 1.29 is 9.85 Å². The Morgan fingerprint density at radius 2 is 2.00 bits per heavy atom. The topological polar surface area (TPSA) is 98.3 Å². The van der Waals surface area contributed by atoms with Crippen LogP contribution in [-0.2, 0) is 0 Å². The Bertz CT molecular complexity index is 481. The van der Waals surface area contributed by atoms with Gasteiger partial charge >= 0.3 is 0 Å². The summed E-state index contributed by atoms with van der Waals surface area (Å²) in [7, 11) is 0. The van der Waals surface area contributed by atoms with E-state index in [1.165, 1.54) is 12.1 Å². The zero-order valence-corrected chi connectivity index (χ0v) is 11.5. The first-order chi connectivity index (χ1) is 8.95. The van der Waals surface area contributed by atoms with Crippen molar-refractivity contribution in [3.8, 4) is 0 Å². The second kappa shape index (κ2) is 6.93. The van der Waals surface area contributed by atoms with Crippen LogP contribution in [0.5, 0.6) is 0 Å². The number of nitrogens with one attached hydrogen (secondary N) is 1. The van der Waals surface area contributed by atoms with E-state index in [1.807, 2.05) is 13.2 Å². The number of non-ortho nitro benzene ring substituents is 1. The van der Waals surface area contributed by atoms with Crippen LogP contribution in [0.4, 0.5) is 17.1 Å². The minimum atomic E-state index is -0.645. The quantitative estimate of drug-likeness (QED) is 0.610. The summed E-state index contributed by atoms with van der Waals surface area (Å²) in [5, 5.41) is 24.6. The number of nitro groups is 2. The molecule has 0 fully saturated rings. The van der Waals surface area contributed by atoms with Crippen molar-refractivity contribution in [1.29, 1.82) is 0 Å². The van der Waals surface area contributed by atoms with E-state index >= 15 is 0 Å². The molecule has 0 bridgehead atoms. The number of nitro benzene ring substituents is 2. The number of thioether (sulfide) groups is 1. The van der Waals surface area contributed by atoms with Crippen LogP contribution in [0.1, 0.15) is 13.3 Å². The van der Waals surface area contributed by atoms with E-state index in [2.05, 4.69) is 5.32 Å². The zero-order chi connectivity index (χ0) is 14.4. The number of rotatable bonds is 7. The third-order valence-electron chi connectivity index (χ3n) is 2.55. The van der Waals surface area contributed by atoms with Gasteiger partial charge in [-0.3, -0.25) is 20.2 Å². The van der Waals surface area contributed by atoms with Crippen molar-refractivity contribution in [1.82, 2.24) is 0 Å². The van der Waals surface area contributed by atoms with Crippen molar-refractivity contribution >= 4 is 28.8 Å². The van der Waals surface area contributed by atoms with Crippen molar-refractivity contribution in [3.63, 3.8) is 0 Å². The molecule has 0 saturated carbocycles. The highest BCUT2D eigenvalue weighted by atomic mass is 32.2. The number of hydrogen-bond donors (Lipinski definition) is 1. The molecule has 104 valence electrons. The molecule has 0 aliphatic heterocycles. The lowest BCUT2D eigenvalue weighted by Gasteiger charge is -2.14. The molecule has 7 nitrogen and oxygen atoms in total. The summed E-state index contributed by atoms with van der Waals surface area (Å²) in [4.78, 5) is 20.3. The molecule has 0 heterocycles. The van der Waals surface area contributed by atoms with E-state index in [1.54, 1.807) is 11.8 Å². The zero-order valence-electron chi connectivity index (χ0n) is 10.7. The largest absolute Gasteiger partial charge is 0.377 e. The second-order valence-electron chi connectivity index (χ2n) is 4.04. The van der Waals surface area contributed by atoms with E-state index in [9.17, 15) is 20.2 Å². The van der Waals surface area contributed by atoms with E-state index in [0.717, 1.165) is 18.2 Å². The molecule has 0 spiro atoms. The Hall–Kier alpha value is -1.83. The Morgan fingerprint density at radius 1 is 1.32 bits per heavy atom. The molecule has 8 heteroatoms. The molecule has 1 atom stereocenters. The van der Waals surface area contributed by atoms with Crippen LogP contribution in [0.2, 0.25) is 0 Å². The first kappa shape index (κ1) is 15.2. The third-order valence-corrected chi connectivity index (χ3v) is 3.19. The highest BCUT2D eigenvalue weighted by molar-refractivity contribution is 7.98. The second-order valence-corrected chi connectivity index (χ2v) is 5.03. The summed E-state index contributed by atoms with van der Waals surface area (Å²) in [6, 6.07) is 3.68. The lowest BCUT2D eigenvalue weighted by molar-refractivity contribution is -0.393. The minimum absolute atomic E-state index is 0.0626. The summed E-state index contributed by atoms with van der Waals surface area (Å²) in [5.74, 6) is 0.939. The highest BCUT2D eigenvalue weighted by Gasteiger charge is 2.20. The summed E-state index contributed by atoms with van der Waals surface area (Å²) < 4.78 is 0. The van der Waals surface area contributed by atoms with Crippen LogP contribution in [0.15, 0.2) is 18.2 Å². The number of anilines is 1. The fourth-order valence-corrected chi connectivity index (χ4v) is 2.13. The Morgan fingerprint density at radius 3 is 2.53 bits per heavy atom. The summed E-state index contributed by atoms with van der Waals surface area (Å²) in [6.07, 6.45) is 2.84. The molecule has 0 radical (unpaired) electrons. The van der Waals surface area contributed by atoms with Gasteiger partial charge in [-0.1, -0.05) is 0 Å². The van der Waals surface area contributed by atoms with E-state index in [0.29, 0.717) is 5.69 Å². The van der Waals surface area contributed by atoms with Crippen molar-refractivity contribution in [2.75, 3.05) is 17.3 Å². The Balaban J connectivity index is 2.94. The molecule has 0 aliphatic rings. The molecule has 1 N–H and O–H groups in total. The summed E-state index contributed by atoms with van der Waals surface area (Å²) >= 11 is 1.69. The SMILES string of the molecule is CSCCC(C)Nc1ccc([N+](=O)[O-])cc1[N+](=O)[O-]. The maximum Gasteiger partial charge on any atom is 0.299 e.